The fourth-order valence-electron chi connectivity index (χ4n) is 0. The van der Waals surface area contributed by atoms with E-state index in [1.54, 1.807) is 0 Å². The Bertz CT molecular complexity index is 45.5. The van der Waals surface area contributed by atoms with Crippen molar-refractivity contribution in [3.8, 4) is 0 Å². The molecule has 0 N–H and O–H groups in total. The van der Waals surface area contributed by atoms with Crippen LogP contribution < -0.4 is 68.7 Å². The van der Waals surface area contributed by atoms with Crippen LogP contribution in [0.5, 0.6) is 0 Å². The third-order valence-electron chi connectivity index (χ3n) is 0. The van der Waals surface area contributed by atoms with Gasteiger partial charge in [0.25, 0.3) is 0 Å². The largest absolute Gasteiger partial charge is 1.00 e. The van der Waals surface area contributed by atoms with Crippen molar-refractivity contribution in [3.05, 3.63) is 0 Å². The Morgan fingerprint density at radius 1 is 0.900 bits per heavy atom. The van der Waals surface area contributed by atoms with Crippen LogP contribution in [0.15, 0.2) is 0 Å². The van der Waals surface area contributed by atoms with Gasteiger partial charge in [-0.3, -0.25) is 0 Å². The molecule has 0 atom stereocenters. The van der Waals surface area contributed by atoms with E-state index in [9.17, 15) is 0 Å². The summed E-state index contributed by atoms with van der Waals surface area (Å²) in [6, 6.07) is 0. The number of rotatable bonds is 0. The van der Waals surface area contributed by atoms with E-state index in [0.29, 0.717) is 0 Å². The SMILES string of the molecule is O=[Si]([O-])[O-].[LiH].[LiH].[MgH2].[MgH2].[Na+].[Na+]. The molecule has 0 aromatic heterocycles. The zero-order valence-corrected chi connectivity index (χ0v) is 8.72. The Balaban J connectivity index is -0.00000000300. The van der Waals surface area contributed by atoms with Crippen LogP contribution in [0.4, 0.5) is 0 Å². The predicted octanol–water partition coefficient (Wildman–Crippen LogP) is -12.0. The van der Waals surface area contributed by atoms with Gasteiger partial charge in [0.1, 0.15) is 0 Å². The third kappa shape index (κ3) is 84.2. The molecule has 0 rings (SSSR count). The molecular formula is H6Li2Mg2Na2O3Si. The van der Waals surface area contributed by atoms with Crippen LogP contribution in [0.3, 0.4) is 0 Å². The summed E-state index contributed by atoms with van der Waals surface area (Å²) in [6.45, 7) is 0. The summed E-state index contributed by atoms with van der Waals surface area (Å²) in [5.74, 6) is 0. The molecule has 0 unspecified atom stereocenters. The van der Waals surface area contributed by atoms with E-state index >= 15 is 0 Å². The van der Waals surface area contributed by atoms with Crippen molar-refractivity contribution in [1.29, 1.82) is 0 Å². The molecule has 0 heterocycles. The van der Waals surface area contributed by atoms with Gasteiger partial charge in [-0.15, -0.1) is 0 Å². The molecule has 0 radical (unpaired) electrons. The quantitative estimate of drug-likeness (QED) is 0.357. The van der Waals surface area contributed by atoms with Crippen LogP contribution >= 0.6 is 0 Å². The van der Waals surface area contributed by atoms with Crippen LogP contribution in [-0.4, -0.2) is 93.0 Å². The molecule has 0 bridgehead atoms. The van der Waals surface area contributed by atoms with Gasteiger partial charge in [0.2, 0.25) is 0 Å². The van der Waals surface area contributed by atoms with E-state index in [4.69, 9.17) is 14.1 Å². The molecule has 36 valence electrons. The van der Waals surface area contributed by atoms with E-state index in [1.807, 2.05) is 0 Å². The molecule has 0 saturated heterocycles. The molecule has 0 aliphatic carbocycles. The average molecular weight is 191 g/mol. The van der Waals surface area contributed by atoms with Gasteiger partial charge in [0.15, 0.2) is 0 Å². The number of hydrogen-bond donors (Lipinski definition) is 0. The summed E-state index contributed by atoms with van der Waals surface area (Å²) in [5, 5.41) is 0. The molecule has 0 fully saturated rings. The van der Waals surface area contributed by atoms with Gasteiger partial charge < -0.3 is 14.1 Å². The summed E-state index contributed by atoms with van der Waals surface area (Å²) >= 11 is 0. The Hall–Kier alpha value is 4.34. The van der Waals surface area contributed by atoms with Gasteiger partial charge in [0.05, 0.1) is 0 Å². The Kier molecular flexibility index (Phi) is 179. The van der Waals surface area contributed by atoms with Crippen molar-refractivity contribution in [2.24, 2.45) is 0 Å². The van der Waals surface area contributed by atoms with Crippen LogP contribution in [0.1, 0.15) is 0 Å². The van der Waals surface area contributed by atoms with Crippen molar-refractivity contribution in [2.75, 3.05) is 0 Å². The second-order valence-corrected chi connectivity index (χ2v) is 0.750. The molecule has 0 amide bonds. The van der Waals surface area contributed by atoms with Crippen molar-refractivity contribution in [3.63, 3.8) is 0 Å². The van der Waals surface area contributed by atoms with Gasteiger partial charge in [-0.05, 0) is 0 Å². The third-order valence-corrected chi connectivity index (χ3v) is 0. The second kappa shape index (κ2) is 37.7. The monoisotopic (exact) mass is 190 g/mol. The van der Waals surface area contributed by atoms with Gasteiger partial charge in [-0.25, -0.2) is 0 Å². The summed E-state index contributed by atoms with van der Waals surface area (Å²) in [4.78, 5) is 17.0. The van der Waals surface area contributed by atoms with Crippen molar-refractivity contribution >= 4 is 93.0 Å². The maximum atomic E-state index is 8.52. The van der Waals surface area contributed by atoms with E-state index in [-0.39, 0.29) is 143 Å². The van der Waals surface area contributed by atoms with Crippen molar-refractivity contribution in [1.82, 2.24) is 0 Å². The molecular weight excluding hydrogens is 185 g/mol. The maximum Gasteiger partial charge on any atom is 1.00 e. The van der Waals surface area contributed by atoms with Gasteiger partial charge >= 0.3 is 143 Å². The molecule has 0 spiro atoms. The Labute approximate surface area is 162 Å². The molecule has 0 aromatic rings. The molecule has 0 aromatic carbocycles. The Morgan fingerprint density at radius 2 is 0.900 bits per heavy atom. The topological polar surface area (TPSA) is 63.2 Å². The summed E-state index contributed by atoms with van der Waals surface area (Å²) in [6.07, 6.45) is 0. The van der Waals surface area contributed by atoms with Crippen molar-refractivity contribution < 1.29 is 73.2 Å². The summed E-state index contributed by atoms with van der Waals surface area (Å²) in [5.41, 5.74) is 0. The maximum absolute atomic E-state index is 8.52. The van der Waals surface area contributed by atoms with E-state index in [1.165, 1.54) is 0 Å². The number of hydrogen-bond acceptors (Lipinski definition) is 3. The zero-order valence-electron chi connectivity index (χ0n) is 3.72. The van der Waals surface area contributed by atoms with Gasteiger partial charge in [-0.2, -0.15) is 0 Å². The van der Waals surface area contributed by atoms with E-state index < -0.39 is 9.17 Å². The predicted molar refractivity (Wildman–Crippen MR) is 37.8 cm³/mol. The van der Waals surface area contributed by atoms with Crippen LogP contribution in [0, 0.1) is 0 Å². The summed E-state index contributed by atoms with van der Waals surface area (Å²) < 4.78 is 8.52. The molecule has 0 saturated carbocycles. The molecule has 10 heavy (non-hydrogen) atoms. The minimum atomic E-state index is -3.63. The first-order chi connectivity index (χ1) is 1.73. The van der Waals surface area contributed by atoms with Gasteiger partial charge in [-0.1, -0.05) is 0 Å². The molecule has 10 heteroatoms. The zero-order chi connectivity index (χ0) is 3.58. The van der Waals surface area contributed by atoms with E-state index in [0.717, 1.165) is 0 Å². The fourth-order valence-corrected chi connectivity index (χ4v) is 0. The van der Waals surface area contributed by atoms with Crippen LogP contribution in [0.2, 0.25) is 0 Å². The minimum Gasteiger partial charge on any atom is 0.316 e. The first-order valence-electron chi connectivity index (χ1n) is 0.612. The second-order valence-electron chi connectivity index (χ2n) is 0.250. The minimum absolute atomic E-state index is 0. The van der Waals surface area contributed by atoms with Crippen LogP contribution in [-0.2, 0) is 4.46 Å². The normalized spacial score (nSPS) is 2.40. The average Bonchev–Trinajstić information content (AvgIpc) is 0.811. The van der Waals surface area contributed by atoms with Crippen molar-refractivity contribution in [2.45, 2.75) is 0 Å². The molecule has 0 aliphatic heterocycles. The first-order valence-corrected chi connectivity index (χ1v) is 1.84. The molecule has 0 aliphatic rings. The Morgan fingerprint density at radius 3 is 0.900 bits per heavy atom. The smallest absolute Gasteiger partial charge is 0.316 e. The van der Waals surface area contributed by atoms with Gasteiger partial charge in [0, 0.05) is 9.17 Å². The van der Waals surface area contributed by atoms with Crippen LogP contribution in [0.25, 0.3) is 0 Å². The fraction of sp³-hybridized carbons (Fsp3) is 0. The van der Waals surface area contributed by atoms with E-state index in [2.05, 4.69) is 0 Å². The molecule has 3 nitrogen and oxygen atoms in total. The first kappa shape index (κ1) is 47.4. The summed E-state index contributed by atoms with van der Waals surface area (Å²) in [7, 11) is -3.63. The standard InChI is InChI=1S/2Li.2Mg.2Na.O3Si.6H/c;;;;;;1-4(2)3;;;;;;/q;;;;2*+1;-2;;;;;;.